The summed E-state index contributed by atoms with van der Waals surface area (Å²) in [5.74, 6) is 0.976. The van der Waals surface area contributed by atoms with Gasteiger partial charge in [-0.3, -0.25) is 9.59 Å². The summed E-state index contributed by atoms with van der Waals surface area (Å²) in [5.41, 5.74) is 2.42. The van der Waals surface area contributed by atoms with Crippen LogP contribution in [0.25, 0.3) is 0 Å². The van der Waals surface area contributed by atoms with Gasteiger partial charge in [0.15, 0.2) is 5.13 Å². The predicted molar refractivity (Wildman–Crippen MR) is 123 cm³/mol. The third-order valence-corrected chi connectivity index (χ3v) is 5.98. The minimum absolute atomic E-state index is 0.0944. The number of ether oxygens (including phenoxy) is 1. The Bertz CT molecular complexity index is 1010. The van der Waals surface area contributed by atoms with Gasteiger partial charge < -0.3 is 15.4 Å². The monoisotopic (exact) mass is 459 g/mol. The van der Waals surface area contributed by atoms with Gasteiger partial charge in [-0.05, 0) is 48.4 Å². The molecule has 0 aliphatic carbocycles. The fourth-order valence-electron chi connectivity index (χ4n) is 2.64. The number of aromatic nitrogens is 1. The molecule has 0 saturated carbocycles. The normalized spacial score (nSPS) is 10.5. The van der Waals surface area contributed by atoms with E-state index >= 15 is 0 Å². The zero-order chi connectivity index (χ0) is 22.1. The van der Waals surface area contributed by atoms with Crippen molar-refractivity contribution < 1.29 is 18.7 Å². The van der Waals surface area contributed by atoms with Crippen LogP contribution in [0.3, 0.4) is 0 Å². The summed E-state index contributed by atoms with van der Waals surface area (Å²) < 4.78 is 18.0. The zero-order valence-corrected chi connectivity index (χ0v) is 18.5. The molecule has 0 spiro atoms. The second-order valence-electron chi connectivity index (χ2n) is 6.59. The highest BCUT2D eigenvalue weighted by molar-refractivity contribution is 7.99. The molecule has 0 radical (unpaired) electrons. The van der Waals surface area contributed by atoms with Crippen LogP contribution in [0.1, 0.15) is 17.7 Å². The molecule has 162 valence electrons. The molecule has 2 N–H and O–H groups in total. The molecule has 0 aliphatic heterocycles. The van der Waals surface area contributed by atoms with Gasteiger partial charge in [0, 0.05) is 23.2 Å². The maximum Gasteiger partial charge on any atom is 0.234 e. The Morgan fingerprint density at radius 3 is 2.52 bits per heavy atom. The number of amides is 2. The van der Waals surface area contributed by atoms with E-state index in [4.69, 9.17) is 4.74 Å². The Labute approximate surface area is 188 Å². The van der Waals surface area contributed by atoms with Crippen molar-refractivity contribution in [2.24, 2.45) is 0 Å². The summed E-state index contributed by atoms with van der Waals surface area (Å²) >= 11 is 2.77. The van der Waals surface area contributed by atoms with Crippen molar-refractivity contribution in [1.29, 1.82) is 0 Å². The average molecular weight is 460 g/mol. The summed E-state index contributed by atoms with van der Waals surface area (Å²) in [4.78, 5) is 28.5. The Morgan fingerprint density at radius 2 is 1.81 bits per heavy atom. The van der Waals surface area contributed by atoms with Gasteiger partial charge in [0.2, 0.25) is 11.8 Å². The van der Waals surface area contributed by atoms with Crippen molar-refractivity contribution in [3.63, 3.8) is 0 Å². The first-order valence-corrected chi connectivity index (χ1v) is 11.6. The first-order valence-electron chi connectivity index (χ1n) is 9.52. The van der Waals surface area contributed by atoms with Crippen LogP contribution in [0.4, 0.5) is 15.2 Å². The minimum Gasteiger partial charge on any atom is -0.497 e. The number of halogens is 1. The maximum absolute atomic E-state index is 12.9. The number of thiazole rings is 1. The van der Waals surface area contributed by atoms with Gasteiger partial charge in [-0.15, -0.1) is 23.1 Å². The number of methoxy groups -OCH3 is 1. The minimum atomic E-state index is -0.348. The molecule has 6 nitrogen and oxygen atoms in total. The first kappa shape index (κ1) is 22.8. The van der Waals surface area contributed by atoms with Crippen LogP contribution in [-0.4, -0.2) is 29.7 Å². The first-order chi connectivity index (χ1) is 15.0. The largest absolute Gasteiger partial charge is 0.497 e. The molecule has 3 rings (SSSR count). The third-order valence-electron chi connectivity index (χ3n) is 4.21. The Morgan fingerprint density at radius 1 is 1.06 bits per heavy atom. The number of rotatable bonds is 10. The molecule has 9 heteroatoms. The van der Waals surface area contributed by atoms with E-state index in [-0.39, 0.29) is 23.4 Å². The van der Waals surface area contributed by atoms with E-state index in [1.54, 1.807) is 7.11 Å². The lowest BCUT2D eigenvalue weighted by Gasteiger charge is -2.04. The van der Waals surface area contributed by atoms with Crippen LogP contribution < -0.4 is 15.4 Å². The van der Waals surface area contributed by atoms with Crippen molar-refractivity contribution >= 4 is 45.7 Å². The molecular formula is C22H22FN3O3S2. The lowest BCUT2D eigenvalue weighted by atomic mass is 10.1. The van der Waals surface area contributed by atoms with Gasteiger partial charge in [0.1, 0.15) is 11.6 Å². The average Bonchev–Trinajstić information content (AvgIpc) is 3.21. The smallest absolute Gasteiger partial charge is 0.234 e. The molecule has 0 aliphatic rings. The summed E-state index contributed by atoms with van der Waals surface area (Å²) in [5, 5.41) is 7.94. The van der Waals surface area contributed by atoms with E-state index in [0.29, 0.717) is 29.4 Å². The molecule has 1 aromatic heterocycles. The Hall–Kier alpha value is -2.91. The van der Waals surface area contributed by atoms with Gasteiger partial charge in [-0.2, -0.15) is 0 Å². The molecule has 0 atom stereocenters. The van der Waals surface area contributed by atoms with Gasteiger partial charge in [-0.25, -0.2) is 9.37 Å². The fourth-order valence-corrected chi connectivity index (χ4v) is 4.19. The van der Waals surface area contributed by atoms with Gasteiger partial charge in [-0.1, -0.05) is 12.1 Å². The summed E-state index contributed by atoms with van der Waals surface area (Å²) in [6.07, 6.45) is 0.993. The van der Waals surface area contributed by atoms with Gasteiger partial charge >= 0.3 is 0 Å². The number of nitrogens with zero attached hydrogens (tertiary/aromatic N) is 1. The molecule has 2 amide bonds. The third kappa shape index (κ3) is 7.69. The van der Waals surface area contributed by atoms with Crippen molar-refractivity contribution in [2.75, 3.05) is 23.5 Å². The van der Waals surface area contributed by atoms with Gasteiger partial charge in [0.25, 0.3) is 0 Å². The molecule has 2 aromatic carbocycles. The number of thioether (sulfide) groups is 1. The van der Waals surface area contributed by atoms with Crippen LogP contribution in [0.2, 0.25) is 0 Å². The lowest BCUT2D eigenvalue weighted by molar-refractivity contribution is -0.116. The maximum atomic E-state index is 12.9. The van der Waals surface area contributed by atoms with Crippen LogP contribution >= 0.6 is 23.1 Å². The number of aryl methyl sites for hydroxylation is 1. The molecule has 0 unspecified atom stereocenters. The SMILES string of the molecule is COc1ccc(CCC(=O)Nc2nc(CSCC(=O)Nc3ccc(F)cc3)cs2)cc1. The number of hydrogen-bond acceptors (Lipinski definition) is 6. The Kier molecular flexibility index (Phi) is 8.43. The number of nitrogens with one attached hydrogen (secondary N) is 2. The molecule has 0 fully saturated rings. The molecular weight excluding hydrogens is 437 g/mol. The fraction of sp³-hybridized carbons (Fsp3) is 0.227. The summed E-state index contributed by atoms with van der Waals surface area (Å²) in [6.45, 7) is 0. The van der Waals surface area contributed by atoms with E-state index in [2.05, 4.69) is 15.6 Å². The van der Waals surface area contributed by atoms with E-state index in [1.165, 1.54) is 47.4 Å². The summed E-state index contributed by atoms with van der Waals surface area (Å²) in [7, 11) is 1.62. The quantitative estimate of drug-likeness (QED) is 0.458. The van der Waals surface area contributed by atoms with Crippen LogP contribution in [0.5, 0.6) is 5.75 Å². The highest BCUT2D eigenvalue weighted by Crippen LogP contribution is 2.20. The number of anilines is 2. The number of benzene rings is 2. The van der Waals surface area contributed by atoms with E-state index in [0.717, 1.165) is 17.0 Å². The second kappa shape index (κ2) is 11.5. The van der Waals surface area contributed by atoms with Crippen molar-refractivity contribution in [2.45, 2.75) is 18.6 Å². The van der Waals surface area contributed by atoms with Gasteiger partial charge in [0.05, 0.1) is 18.6 Å². The van der Waals surface area contributed by atoms with Crippen molar-refractivity contribution in [1.82, 2.24) is 4.98 Å². The summed E-state index contributed by atoms with van der Waals surface area (Å²) in [6, 6.07) is 13.3. The van der Waals surface area contributed by atoms with Crippen LogP contribution in [-0.2, 0) is 21.8 Å². The standard InChI is InChI=1S/C22H22FN3O3S2/c1-29-19-9-2-15(3-10-19)4-11-20(27)26-22-25-18(13-31-22)12-30-14-21(28)24-17-7-5-16(23)6-8-17/h2-3,5-10,13H,4,11-12,14H2,1H3,(H,24,28)(H,25,26,27). The molecule has 31 heavy (non-hydrogen) atoms. The number of carbonyl (C=O) groups excluding carboxylic acids is 2. The highest BCUT2D eigenvalue weighted by Gasteiger charge is 2.09. The number of hydrogen-bond donors (Lipinski definition) is 2. The van der Waals surface area contributed by atoms with Crippen LogP contribution in [0.15, 0.2) is 53.9 Å². The molecule has 0 saturated heterocycles. The van der Waals surface area contributed by atoms with Crippen molar-refractivity contribution in [3.05, 3.63) is 71.0 Å². The molecule has 1 heterocycles. The zero-order valence-electron chi connectivity index (χ0n) is 16.9. The second-order valence-corrected chi connectivity index (χ2v) is 8.43. The van der Waals surface area contributed by atoms with E-state index in [9.17, 15) is 14.0 Å². The molecule has 3 aromatic rings. The van der Waals surface area contributed by atoms with E-state index < -0.39 is 0 Å². The lowest BCUT2D eigenvalue weighted by Crippen LogP contribution is -2.14. The van der Waals surface area contributed by atoms with Crippen molar-refractivity contribution in [3.8, 4) is 5.75 Å². The Balaban J connectivity index is 1.36. The number of carbonyl (C=O) groups is 2. The topological polar surface area (TPSA) is 80.3 Å². The van der Waals surface area contributed by atoms with Crippen LogP contribution in [0, 0.1) is 5.82 Å². The van der Waals surface area contributed by atoms with E-state index in [1.807, 2.05) is 29.6 Å². The predicted octanol–water partition coefficient (Wildman–Crippen LogP) is 4.73. The highest BCUT2D eigenvalue weighted by atomic mass is 32.2. The molecule has 0 bridgehead atoms.